The minimum absolute atomic E-state index is 0.0216. The first kappa shape index (κ1) is 16.4. The van der Waals surface area contributed by atoms with E-state index in [-0.39, 0.29) is 6.04 Å². The van der Waals surface area contributed by atoms with Crippen LogP contribution in [0.3, 0.4) is 0 Å². The lowest BCUT2D eigenvalue weighted by Gasteiger charge is -2.19. The molecule has 0 bridgehead atoms. The molecule has 0 aromatic carbocycles. The average Bonchev–Trinajstić information content (AvgIpc) is 2.81. The normalized spacial score (nSPS) is 13.6. The highest BCUT2D eigenvalue weighted by Crippen LogP contribution is 2.12. The van der Waals surface area contributed by atoms with Crippen LogP contribution in [0, 0.1) is 0 Å². The van der Waals surface area contributed by atoms with Crippen LogP contribution in [0.2, 0.25) is 0 Å². The lowest BCUT2D eigenvalue weighted by molar-refractivity contribution is -0.139. The van der Waals surface area contributed by atoms with E-state index in [1.165, 1.54) is 10.9 Å². The summed E-state index contributed by atoms with van der Waals surface area (Å²) in [5.74, 6) is -0.333. The number of aliphatic carboxylic acids is 1. The van der Waals surface area contributed by atoms with Crippen LogP contribution in [-0.4, -0.2) is 44.9 Å². The number of thioether (sulfide) groups is 1. The van der Waals surface area contributed by atoms with Gasteiger partial charge in [0.25, 0.3) is 0 Å². The summed E-state index contributed by atoms with van der Waals surface area (Å²) < 4.78 is 1.49. The van der Waals surface area contributed by atoms with E-state index in [1.54, 1.807) is 25.0 Å². The molecule has 0 fully saturated rings. The summed E-state index contributed by atoms with van der Waals surface area (Å²) in [4.78, 5) is 23.1. The van der Waals surface area contributed by atoms with Crippen molar-refractivity contribution in [3.8, 4) is 0 Å². The summed E-state index contributed by atoms with van der Waals surface area (Å²) in [6.07, 6.45) is 5.74. The van der Waals surface area contributed by atoms with E-state index < -0.39 is 18.0 Å². The van der Waals surface area contributed by atoms with Crippen molar-refractivity contribution in [3.63, 3.8) is 0 Å². The quantitative estimate of drug-likeness (QED) is 0.698. The number of hydrogen-bond acceptors (Lipinski definition) is 4. The van der Waals surface area contributed by atoms with Crippen LogP contribution in [0.1, 0.15) is 24.9 Å². The smallest absolute Gasteiger partial charge is 0.331 e. The van der Waals surface area contributed by atoms with Crippen LogP contribution in [0.4, 0.5) is 4.79 Å². The third-order valence-electron chi connectivity index (χ3n) is 2.78. The van der Waals surface area contributed by atoms with Gasteiger partial charge in [-0.3, -0.25) is 4.68 Å². The molecule has 1 heterocycles. The Labute approximate surface area is 122 Å². The van der Waals surface area contributed by atoms with Gasteiger partial charge in [0.2, 0.25) is 0 Å². The van der Waals surface area contributed by atoms with E-state index in [0.29, 0.717) is 5.56 Å². The summed E-state index contributed by atoms with van der Waals surface area (Å²) in [5.41, 5.74) is 0.438. The van der Waals surface area contributed by atoms with Crippen LogP contribution in [0.25, 0.3) is 0 Å². The van der Waals surface area contributed by atoms with Crippen LogP contribution in [0.15, 0.2) is 12.4 Å². The van der Waals surface area contributed by atoms with Crippen molar-refractivity contribution in [2.75, 3.05) is 12.0 Å². The molecule has 20 heavy (non-hydrogen) atoms. The summed E-state index contributed by atoms with van der Waals surface area (Å²) in [5, 5.41) is 18.3. The van der Waals surface area contributed by atoms with Crippen LogP contribution < -0.4 is 10.6 Å². The molecular formula is C12H20N4O3S. The molecule has 1 rings (SSSR count). The second kappa shape index (κ2) is 7.78. The van der Waals surface area contributed by atoms with E-state index in [4.69, 9.17) is 0 Å². The summed E-state index contributed by atoms with van der Waals surface area (Å²) in [6, 6.07) is -1.56. The number of hydrogen-bond donors (Lipinski definition) is 3. The Morgan fingerprint density at radius 3 is 2.65 bits per heavy atom. The number of amides is 2. The second-order valence-corrected chi connectivity index (χ2v) is 5.31. The van der Waals surface area contributed by atoms with Crippen molar-refractivity contribution in [1.29, 1.82) is 0 Å². The zero-order chi connectivity index (χ0) is 15.1. The van der Waals surface area contributed by atoms with E-state index in [0.717, 1.165) is 12.2 Å². The molecule has 7 nitrogen and oxygen atoms in total. The number of carbonyl (C=O) groups is 2. The summed E-state index contributed by atoms with van der Waals surface area (Å²) >= 11 is 1.63. The van der Waals surface area contributed by atoms with Gasteiger partial charge in [-0.15, -0.1) is 0 Å². The van der Waals surface area contributed by atoms with Crippen LogP contribution in [-0.2, 0) is 11.8 Å². The van der Waals surface area contributed by atoms with Gasteiger partial charge in [-0.1, -0.05) is 6.92 Å². The van der Waals surface area contributed by atoms with Crippen molar-refractivity contribution >= 4 is 23.8 Å². The minimum atomic E-state index is -1.12. The SMILES string of the molecule is CCC(CSC)NC(=O)NC(C(=O)O)c1cnn(C)c1. The molecule has 0 aliphatic rings. The number of urea groups is 1. The third-order valence-corrected chi connectivity index (χ3v) is 3.51. The van der Waals surface area contributed by atoms with E-state index in [2.05, 4.69) is 15.7 Å². The van der Waals surface area contributed by atoms with Crippen molar-refractivity contribution in [2.45, 2.75) is 25.4 Å². The monoisotopic (exact) mass is 300 g/mol. The molecule has 2 amide bonds. The average molecular weight is 300 g/mol. The van der Waals surface area contributed by atoms with E-state index in [1.807, 2.05) is 13.2 Å². The number of aryl methyl sites for hydroxylation is 1. The molecule has 2 atom stereocenters. The maximum Gasteiger partial charge on any atom is 0.331 e. The van der Waals surface area contributed by atoms with Gasteiger partial charge in [0.05, 0.1) is 6.20 Å². The third kappa shape index (κ3) is 4.76. The van der Waals surface area contributed by atoms with Gasteiger partial charge in [0.1, 0.15) is 0 Å². The van der Waals surface area contributed by atoms with Crippen molar-refractivity contribution in [1.82, 2.24) is 20.4 Å². The van der Waals surface area contributed by atoms with Gasteiger partial charge in [-0.25, -0.2) is 9.59 Å². The Bertz CT molecular complexity index is 463. The number of carboxylic acid groups (broad SMARTS) is 1. The van der Waals surface area contributed by atoms with Gasteiger partial charge < -0.3 is 15.7 Å². The summed E-state index contributed by atoms with van der Waals surface area (Å²) in [6.45, 7) is 1.97. The van der Waals surface area contributed by atoms with Gasteiger partial charge in [0.15, 0.2) is 6.04 Å². The highest BCUT2D eigenvalue weighted by atomic mass is 32.2. The molecule has 0 spiro atoms. The fourth-order valence-corrected chi connectivity index (χ4v) is 2.42. The number of rotatable bonds is 7. The van der Waals surface area contributed by atoms with Crippen LogP contribution >= 0.6 is 11.8 Å². The molecule has 0 saturated heterocycles. The molecule has 0 radical (unpaired) electrons. The van der Waals surface area contributed by atoms with Crippen LogP contribution in [0.5, 0.6) is 0 Å². The second-order valence-electron chi connectivity index (χ2n) is 4.40. The minimum Gasteiger partial charge on any atom is -0.479 e. The van der Waals surface area contributed by atoms with E-state index >= 15 is 0 Å². The molecule has 2 unspecified atom stereocenters. The molecule has 0 aliphatic heterocycles. The number of aromatic nitrogens is 2. The first-order valence-electron chi connectivity index (χ1n) is 6.25. The molecule has 0 saturated carbocycles. The van der Waals surface area contributed by atoms with E-state index in [9.17, 15) is 14.7 Å². The van der Waals surface area contributed by atoms with Gasteiger partial charge >= 0.3 is 12.0 Å². The Kier molecular flexibility index (Phi) is 6.37. The molecule has 1 aromatic rings. The van der Waals surface area contributed by atoms with Gasteiger partial charge in [0, 0.05) is 30.6 Å². The molecule has 1 aromatic heterocycles. The summed E-state index contributed by atoms with van der Waals surface area (Å²) in [7, 11) is 1.69. The van der Waals surface area contributed by atoms with Crippen molar-refractivity contribution in [3.05, 3.63) is 18.0 Å². The number of nitrogens with zero attached hydrogens (tertiary/aromatic N) is 2. The Morgan fingerprint density at radius 1 is 1.50 bits per heavy atom. The zero-order valence-electron chi connectivity index (χ0n) is 11.8. The predicted molar refractivity (Wildman–Crippen MR) is 77.7 cm³/mol. The predicted octanol–water partition coefficient (Wildman–Crippen LogP) is 0.987. The Morgan fingerprint density at radius 2 is 2.20 bits per heavy atom. The number of carboxylic acids is 1. The molecular weight excluding hydrogens is 280 g/mol. The first-order chi connectivity index (χ1) is 9.47. The molecule has 112 valence electrons. The molecule has 8 heteroatoms. The Hall–Kier alpha value is -1.70. The number of carbonyl (C=O) groups excluding carboxylic acids is 1. The lowest BCUT2D eigenvalue weighted by Crippen LogP contribution is -2.45. The molecule has 0 aliphatic carbocycles. The topological polar surface area (TPSA) is 96.2 Å². The standard InChI is InChI=1S/C12H20N4O3S/c1-4-9(7-20-3)14-12(19)15-10(11(17)18)8-5-13-16(2)6-8/h5-6,9-10H,4,7H2,1-3H3,(H,17,18)(H2,14,15,19). The fraction of sp³-hybridized carbons (Fsp3) is 0.583. The van der Waals surface area contributed by atoms with Gasteiger partial charge in [-0.2, -0.15) is 16.9 Å². The van der Waals surface area contributed by atoms with Crippen molar-refractivity contribution < 1.29 is 14.7 Å². The highest BCUT2D eigenvalue weighted by Gasteiger charge is 2.24. The fourth-order valence-electron chi connectivity index (χ4n) is 1.70. The van der Waals surface area contributed by atoms with Crippen molar-refractivity contribution in [2.24, 2.45) is 7.05 Å². The lowest BCUT2D eigenvalue weighted by atomic mass is 10.1. The zero-order valence-corrected chi connectivity index (χ0v) is 12.6. The molecule has 3 N–H and O–H groups in total. The largest absolute Gasteiger partial charge is 0.479 e. The number of nitrogens with one attached hydrogen (secondary N) is 2. The maximum atomic E-state index is 11.9. The highest BCUT2D eigenvalue weighted by molar-refractivity contribution is 7.98. The van der Waals surface area contributed by atoms with Gasteiger partial charge in [-0.05, 0) is 12.7 Å². The maximum absolute atomic E-state index is 11.9. The Balaban J connectivity index is 2.66. The first-order valence-corrected chi connectivity index (χ1v) is 7.64.